The largest absolute Gasteiger partial charge is 0.463 e. The van der Waals surface area contributed by atoms with Gasteiger partial charge in [-0.3, -0.25) is 29.0 Å². The molecule has 9 aromatic rings. The fourth-order valence-corrected chi connectivity index (χ4v) is 20.8. The number of halogens is 6. The third-order valence-electron chi connectivity index (χ3n) is 27.0. The highest BCUT2D eigenvalue weighted by Gasteiger charge is 2.43. The summed E-state index contributed by atoms with van der Waals surface area (Å²) < 4.78 is 58.0. The summed E-state index contributed by atoms with van der Waals surface area (Å²) in [5, 5.41) is 8.39. The molecule has 3 aromatic heterocycles. The number of piperazine rings is 3. The van der Waals surface area contributed by atoms with E-state index in [0.717, 1.165) is 164 Å². The highest BCUT2D eigenvalue weighted by atomic mass is 35.5. The summed E-state index contributed by atoms with van der Waals surface area (Å²) in [6.07, 6.45) is 9.58. The molecule has 6 fully saturated rings. The molecule has 4 amide bonds. The number of likely N-dealkylation sites (N-methyl/N-ethyl adjacent to an activating group) is 1. The zero-order chi connectivity index (χ0) is 94.0. The summed E-state index contributed by atoms with van der Waals surface area (Å²) in [4.78, 5) is 115. The van der Waals surface area contributed by atoms with E-state index in [9.17, 15) is 32.3 Å². The first-order chi connectivity index (χ1) is 64.9. The van der Waals surface area contributed by atoms with Crippen LogP contribution in [0.2, 0.25) is 15.1 Å². The molecule has 6 aromatic carbocycles. The molecule has 12 heterocycles. The lowest BCUT2D eigenvalue weighted by Gasteiger charge is -2.49. The smallest absolute Gasteiger partial charge is 0.318 e. The van der Waals surface area contributed by atoms with Crippen molar-refractivity contribution in [2.75, 3.05) is 194 Å². The van der Waals surface area contributed by atoms with Gasteiger partial charge in [-0.25, -0.2) is 32.9 Å². The van der Waals surface area contributed by atoms with Gasteiger partial charge in [0.15, 0.2) is 5.83 Å². The van der Waals surface area contributed by atoms with Crippen LogP contribution in [0.4, 0.5) is 47.7 Å². The first kappa shape index (κ1) is 94.9. The predicted molar refractivity (Wildman–Crippen MR) is 518 cm³/mol. The Balaban J connectivity index is 0.000000146. The maximum Gasteiger partial charge on any atom is 0.318 e. The number of benzene rings is 6. The number of rotatable bonds is 24. The summed E-state index contributed by atoms with van der Waals surface area (Å²) in [5.41, 5.74) is 8.95. The van der Waals surface area contributed by atoms with Gasteiger partial charge in [-0.05, 0) is 124 Å². The van der Waals surface area contributed by atoms with Crippen molar-refractivity contribution in [3.05, 3.63) is 229 Å². The number of aromatic nitrogens is 6. The Morgan fingerprint density at radius 3 is 1.19 bits per heavy atom. The Hall–Kier alpha value is -12.3. The summed E-state index contributed by atoms with van der Waals surface area (Å²) in [6.45, 7) is 46.1. The molecule has 6 atom stereocenters. The molecule has 0 spiro atoms. The fraction of sp³-hybridized carbons (Fsp3) is 0.450. The van der Waals surface area contributed by atoms with E-state index in [1.165, 1.54) is 29.2 Å². The topological polar surface area (TPSA) is 225 Å². The molecule has 0 radical (unpaired) electrons. The Labute approximate surface area is 794 Å². The van der Waals surface area contributed by atoms with Gasteiger partial charge in [0.1, 0.15) is 62.1 Å². The number of likely N-dealkylation sites (tertiary alicyclic amines) is 3. The van der Waals surface area contributed by atoms with Crippen LogP contribution in [0, 0.1) is 25.6 Å². The Bertz CT molecular complexity index is 6070. The molecule has 9 aliphatic heterocycles. The quantitative estimate of drug-likeness (QED) is 0.0405. The molecule has 34 heteroatoms. The van der Waals surface area contributed by atoms with Gasteiger partial charge in [0, 0.05) is 197 Å². The predicted octanol–water partition coefficient (Wildman–Crippen LogP) is 14.5. The van der Waals surface area contributed by atoms with Crippen LogP contribution >= 0.6 is 34.8 Å². The lowest BCUT2D eigenvalue weighted by Crippen LogP contribution is -2.59. The number of hydrogen-bond acceptors (Lipinski definition) is 21. The SMILES string of the molecule is [C-]#[N+]C[C@H]1CN(c2nc(OCC3CC(=O)N(C)C3)nc3c2CCN(c2cccc4cccc(Cl)c24)C3)CCN1C(=O)/C=C/CF.[C-]#[N+]C[C@H]1CN(c2nc(OCC3CCN3C(C)(C)C)nc3c2CCN(c2cccc4cccc(Cl)c24)C3)CCN1C(=O)/C=C/CF.[C-]#[N+]C[C@H]1CN(c2nc(OCC3CCN3CC)nc3c2CCN(c2cccc4cccc(Cl)c24)C3)CCN1C(=O)C(=C)F. The van der Waals surface area contributed by atoms with Crippen molar-refractivity contribution in [1.82, 2.24) is 59.3 Å². The van der Waals surface area contributed by atoms with E-state index in [2.05, 4.69) is 149 Å². The summed E-state index contributed by atoms with van der Waals surface area (Å²) >= 11 is 20.1. The molecular weight excluding hydrogens is 1770 g/mol. The molecule has 6 saturated heterocycles. The second kappa shape index (κ2) is 42.5. The van der Waals surface area contributed by atoms with Crippen molar-refractivity contribution in [2.24, 2.45) is 5.92 Å². The third kappa shape index (κ3) is 21.0. The minimum atomic E-state index is -1.01. The number of hydrogen-bond donors (Lipinski definition) is 0. The first-order valence-corrected chi connectivity index (χ1v) is 47.1. The van der Waals surface area contributed by atoms with Gasteiger partial charge in [0.25, 0.3) is 5.91 Å². The van der Waals surface area contributed by atoms with Crippen LogP contribution < -0.4 is 43.6 Å². The molecule has 0 saturated carbocycles. The number of anilines is 6. The van der Waals surface area contributed by atoms with Crippen LogP contribution in [0.3, 0.4) is 0 Å². The fourth-order valence-electron chi connectivity index (χ4n) is 20.0. The number of amides is 4. The van der Waals surface area contributed by atoms with Crippen LogP contribution in [0.15, 0.2) is 146 Å². The lowest BCUT2D eigenvalue weighted by atomic mass is 9.94. The first-order valence-electron chi connectivity index (χ1n) is 46.0. The summed E-state index contributed by atoms with van der Waals surface area (Å²) in [7, 11) is 1.79. The van der Waals surface area contributed by atoms with Crippen LogP contribution in [0.25, 0.3) is 46.9 Å². The normalized spacial score (nSPS) is 20.3. The van der Waals surface area contributed by atoms with Gasteiger partial charge in [-0.1, -0.05) is 121 Å². The highest BCUT2D eigenvalue weighted by molar-refractivity contribution is 6.37. The van der Waals surface area contributed by atoms with E-state index in [4.69, 9.17) is 98.6 Å². The van der Waals surface area contributed by atoms with E-state index >= 15 is 0 Å². The van der Waals surface area contributed by atoms with Crippen LogP contribution in [0.1, 0.15) is 80.7 Å². The summed E-state index contributed by atoms with van der Waals surface area (Å²) in [5.74, 6) is 0.122. The zero-order valence-corrected chi connectivity index (χ0v) is 78.5. The van der Waals surface area contributed by atoms with E-state index < -0.39 is 31.1 Å². The minimum Gasteiger partial charge on any atom is -0.463 e. The van der Waals surface area contributed by atoms with E-state index in [1.807, 2.05) is 48.5 Å². The molecule has 3 unspecified atom stereocenters. The van der Waals surface area contributed by atoms with Crippen molar-refractivity contribution in [3.63, 3.8) is 0 Å². The Kier molecular flexibility index (Phi) is 30.1. The van der Waals surface area contributed by atoms with Gasteiger partial charge in [-0.2, -0.15) is 29.9 Å². The highest BCUT2D eigenvalue weighted by Crippen LogP contribution is 2.43. The maximum absolute atomic E-state index is 13.8. The molecule has 9 aliphatic rings. The molecule has 0 aliphatic carbocycles. The van der Waals surface area contributed by atoms with Gasteiger partial charge < -0.3 is 77.7 Å². The minimum absolute atomic E-state index is 0.0508. The molecular formula is C100H111Cl3F3N21O7. The average molecular weight is 1880 g/mol. The van der Waals surface area contributed by atoms with E-state index in [-0.39, 0.29) is 73.5 Å². The van der Waals surface area contributed by atoms with Crippen LogP contribution in [-0.2, 0) is 58.1 Å². The molecule has 134 heavy (non-hydrogen) atoms. The van der Waals surface area contributed by atoms with E-state index in [0.29, 0.717) is 152 Å². The van der Waals surface area contributed by atoms with Gasteiger partial charge >= 0.3 is 18.0 Å². The average Bonchev–Trinajstić information content (AvgIpc) is 1.67. The Morgan fingerprint density at radius 2 is 0.858 bits per heavy atom. The number of allylic oxidation sites excluding steroid dienone is 2. The number of fused-ring (bicyclic) bond motifs is 6. The van der Waals surface area contributed by atoms with Crippen LogP contribution in [0.5, 0.6) is 18.0 Å². The van der Waals surface area contributed by atoms with Crippen molar-refractivity contribution in [2.45, 2.75) is 122 Å². The molecule has 18 rings (SSSR count). The summed E-state index contributed by atoms with van der Waals surface area (Å²) in [6, 6.07) is 36.8. The monoisotopic (exact) mass is 1880 g/mol. The van der Waals surface area contributed by atoms with Crippen LogP contribution in [-0.4, -0.2) is 283 Å². The molecule has 0 N–H and O–H groups in total. The molecule has 28 nitrogen and oxygen atoms in total. The third-order valence-corrected chi connectivity index (χ3v) is 27.9. The van der Waals surface area contributed by atoms with Gasteiger partial charge in [0.2, 0.25) is 37.4 Å². The van der Waals surface area contributed by atoms with Crippen molar-refractivity contribution < 1.29 is 46.6 Å². The number of nitrogens with zero attached hydrogens (tertiary/aromatic N) is 21. The standard InChI is InChI=1S/C35H41ClFN7O2.C33H35ClFN7O3.C32H35ClFN7O2/c1-35(2,3)44-17-13-25(44)23-46-34-39-29-22-41(30-11-6-9-24-8-5-10-28(36)32(24)30)16-14-27(29)33(40-34)42-18-19-43(26(21-42)20-38-4)31(45)12-7-15-37;1-36-17-24-19-41(14-15-42(24)29(43)10-5-12-35)32-25-11-13-40(28-9-4-7-23-6-3-8-26(34)31(23)28)20-27(25)37-33(38-32)45-21-22-16-30(44)39(2)18-22;1-4-38-13-11-23(38)20-43-32-36-27-19-39(28-10-6-8-22-7-5-9-26(33)29(22)28)14-12-25(27)30(37-32)40-15-16-41(31(42)21(2)34)24(18-40)17-35-3/h5-12,25-26H,13-23H2,1-3H3;3-10,22,24H,11-21H2,2H3;5-10,23-24H,2,4,11-20H2,1H3/b12-7+;10-5+;/t25?,26-;22?,24-;23?,24-/m000/s1. The second-order valence-electron chi connectivity index (χ2n) is 36.2. The second-order valence-corrected chi connectivity index (χ2v) is 37.4. The zero-order valence-electron chi connectivity index (χ0n) is 76.2. The Morgan fingerprint density at radius 1 is 0.485 bits per heavy atom. The molecule has 700 valence electrons. The van der Waals surface area contributed by atoms with Crippen molar-refractivity contribution >= 4 is 125 Å². The van der Waals surface area contributed by atoms with Gasteiger partial charge in [-0.15, -0.1) is 0 Å². The maximum atomic E-state index is 13.8. The molecule has 0 bridgehead atoms. The van der Waals surface area contributed by atoms with Gasteiger partial charge in [0.05, 0.1) is 58.4 Å². The number of ether oxygens (including phenoxy) is 3. The number of carbonyl (C=O) groups excluding carboxylic acids is 4. The van der Waals surface area contributed by atoms with Crippen molar-refractivity contribution in [1.29, 1.82) is 0 Å². The van der Waals surface area contributed by atoms with E-state index in [1.54, 1.807) is 21.7 Å². The lowest BCUT2D eigenvalue weighted by molar-refractivity contribution is -0.131. The number of carbonyl (C=O) groups is 4. The van der Waals surface area contributed by atoms with Crippen molar-refractivity contribution in [3.8, 4) is 18.0 Å². The number of alkyl halides is 2.